The Kier molecular flexibility index (Phi) is 8.08. The molecular weight excluding hydrogens is 640 g/mol. The molecule has 0 radical (unpaired) electrons. The van der Waals surface area contributed by atoms with Gasteiger partial charge in [-0.25, -0.2) is 18.7 Å². The Morgan fingerprint density at radius 3 is 2.68 bits per heavy atom. The number of nitrogens with zero attached hydrogens (tertiary/aromatic N) is 5. The van der Waals surface area contributed by atoms with Gasteiger partial charge in [0.25, 0.3) is 11.8 Å². The average Bonchev–Trinajstić information content (AvgIpc) is 3.80. The SMILES string of the molecule is COc1cc(C(=O)N2C[C@H](N)[C@@H]3CC[C@H]2C3)cc2nc(-c3cc4ccc5nc4n3CCCCCc3c(F)ccc(F)c3C(=O)N[C@@H]5C)n(C)c12. The second-order valence-electron chi connectivity index (χ2n) is 14.1. The number of pyridine rings is 1. The summed E-state index contributed by atoms with van der Waals surface area (Å²) in [6, 6.07) is 11.2. The molecule has 2 fully saturated rings. The smallest absolute Gasteiger partial charge is 0.255 e. The first kappa shape index (κ1) is 32.4. The van der Waals surface area contributed by atoms with Crippen molar-refractivity contribution in [2.75, 3.05) is 13.7 Å². The van der Waals surface area contributed by atoms with Crippen molar-refractivity contribution < 1.29 is 23.1 Å². The summed E-state index contributed by atoms with van der Waals surface area (Å²) in [5, 5.41) is 3.74. The van der Waals surface area contributed by atoms with Crippen molar-refractivity contribution in [3.8, 4) is 17.3 Å². The number of hydrogen-bond donors (Lipinski definition) is 2. The lowest BCUT2D eigenvalue weighted by Gasteiger charge is -2.37. The molecule has 4 bridgehead atoms. The van der Waals surface area contributed by atoms with Crippen molar-refractivity contribution in [1.29, 1.82) is 0 Å². The Balaban J connectivity index is 1.19. The largest absolute Gasteiger partial charge is 0.494 e. The van der Waals surface area contributed by atoms with E-state index in [-0.39, 0.29) is 35.5 Å². The van der Waals surface area contributed by atoms with Crippen LogP contribution in [0.4, 0.5) is 8.78 Å². The van der Waals surface area contributed by atoms with E-state index in [1.54, 1.807) is 20.1 Å². The first-order valence-electron chi connectivity index (χ1n) is 17.5. The highest BCUT2D eigenvalue weighted by Crippen LogP contribution is 2.39. The van der Waals surface area contributed by atoms with Crippen molar-refractivity contribution in [3.63, 3.8) is 0 Å². The summed E-state index contributed by atoms with van der Waals surface area (Å²) in [5.41, 5.74) is 10.4. The van der Waals surface area contributed by atoms with Crippen molar-refractivity contribution in [2.45, 2.75) is 76.5 Å². The van der Waals surface area contributed by atoms with E-state index < -0.39 is 23.6 Å². The Hall–Kier alpha value is -4.84. The molecule has 3 aliphatic rings. The lowest BCUT2D eigenvalue weighted by atomic mass is 9.94. The minimum Gasteiger partial charge on any atom is -0.494 e. The van der Waals surface area contributed by atoms with E-state index in [2.05, 4.69) is 16.0 Å². The number of hydrogen-bond acceptors (Lipinski definition) is 6. The highest BCUT2D eigenvalue weighted by Gasteiger charge is 2.41. The third-order valence-electron chi connectivity index (χ3n) is 11.1. The van der Waals surface area contributed by atoms with Crippen LogP contribution in [0.25, 0.3) is 33.6 Å². The zero-order valence-electron chi connectivity index (χ0n) is 28.5. The predicted octanol–water partition coefficient (Wildman–Crippen LogP) is 6.05. The predicted molar refractivity (Wildman–Crippen MR) is 186 cm³/mol. The number of imidazole rings is 1. The lowest BCUT2D eigenvalue weighted by Crippen LogP contribution is -2.51. The summed E-state index contributed by atoms with van der Waals surface area (Å²) >= 11 is 0. The summed E-state index contributed by atoms with van der Waals surface area (Å²) in [7, 11) is 3.54. The number of halogens is 2. The normalized spacial score (nSPS) is 22.5. The van der Waals surface area contributed by atoms with Crippen molar-refractivity contribution in [2.24, 2.45) is 18.7 Å². The zero-order valence-corrected chi connectivity index (χ0v) is 28.5. The topological polar surface area (TPSA) is 120 Å². The molecule has 4 atom stereocenters. The molecule has 2 aromatic carbocycles. The van der Waals surface area contributed by atoms with Crippen LogP contribution in [-0.2, 0) is 20.0 Å². The van der Waals surface area contributed by atoms with Gasteiger partial charge in [-0.05, 0) is 93.8 Å². The maximum atomic E-state index is 14.9. The van der Waals surface area contributed by atoms with Crippen LogP contribution in [0, 0.1) is 17.6 Å². The van der Waals surface area contributed by atoms with Crippen LogP contribution in [0.15, 0.2) is 42.5 Å². The number of carbonyl (C=O) groups excluding carboxylic acids is 2. The van der Waals surface area contributed by atoms with E-state index >= 15 is 0 Å². The number of piperidine rings is 1. The van der Waals surface area contributed by atoms with E-state index in [9.17, 15) is 18.4 Å². The van der Waals surface area contributed by atoms with Crippen LogP contribution in [0.1, 0.15) is 83.5 Å². The standard InChI is InChI=1S/C38H41F2N7O3/c1-20-29-13-9-22-17-31(46(35(22)43-29)14-6-4-5-7-25-26(39)11-12-27(40)33(25)37(48)42-20)36-44-30-16-23(18-32(50-3)34(30)45(36)2)38(49)47-19-28(41)21-8-10-24(47)15-21/h9,11-13,16-18,20-21,24,28H,4-8,10,14-15,19,41H2,1-3H3,(H,42,48)/t20-,21-,24+,28+/m1/s1. The third kappa shape index (κ3) is 5.31. The van der Waals surface area contributed by atoms with Gasteiger partial charge in [0, 0.05) is 48.7 Å². The Labute approximate surface area is 288 Å². The molecule has 0 spiro atoms. The highest BCUT2D eigenvalue weighted by atomic mass is 19.1. The van der Waals surface area contributed by atoms with Gasteiger partial charge in [-0.3, -0.25) is 9.59 Å². The molecule has 260 valence electrons. The first-order chi connectivity index (χ1) is 24.1. The van der Waals surface area contributed by atoms with Crippen molar-refractivity contribution in [3.05, 3.63) is 76.5 Å². The molecule has 10 nitrogen and oxygen atoms in total. The van der Waals surface area contributed by atoms with Crippen molar-refractivity contribution >= 4 is 33.9 Å². The van der Waals surface area contributed by atoms with Gasteiger partial charge in [-0.15, -0.1) is 0 Å². The van der Waals surface area contributed by atoms with Gasteiger partial charge in [0.2, 0.25) is 0 Å². The molecule has 0 unspecified atom stereocenters. The number of aromatic nitrogens is 4. The Bertz CT molecular complexity index is 2180. The van der Waals surface area contributed by atoms with Crippen LogP contribution in [-0.4, -0.2) is 61.6 Å². The number of ether oxygens (including phenoxy) is 1. The summed E-state index contributed by atoms with van der Waals surface area (Å²) in [5.74, 6) is -0.304. The number of amides is 2. The van der Waals surface area contributed by atoms with Gasteiger partial charge in [0.15, 0.2) is 5.82 Å². The molecule has 1 saturated carbocycles. The minimum absolute atomic E-state index is 0.0112. The number of nitrogens with one attached hydrogen (secondary N) is 1. The summed E-state index contributed by atoms with van der Waals surface area (Å²) in [4.78, 5) is 39.2. The molecule has 1 aliphatic carbocycles. The second-order valence-corrected chi connectivity index (χ2v) is 14.1. The second kappa shape index (κ2) is 12.5. The van der Waals surface area contributed by atoms with E-state index in [0.717, 1.165) is 66.5 Å². The van der Waals surface area contributed by atoms with Gasteiger partial charge < -0.3 is 29.8 Å². The van der Waals surface area contributed by atoms with E-state index in [4.69, 9.17) is 20.4 Å². The fraction of sp³-hybridized carbons (Fsp3) is 0.421. The molecule has 12 heteroatoms. The molecule has 1 saturated heterocycles. The number of likely N-dealkylation sites (tertiary alicyclic amines) is 1. The van der Waals surface area contributed by atoms with Crippen LogP contribution in [0.3, 0.4) is 0 Å². The molecule has 2 amide bonds. The lowest BCUT2D eigenvalue weighted by molar-refractivity contribution is 0.0603. The molecular formula is C38H41F2N7O3. The molecule has 2 aliphatic heterocycles. The van der Waals surface area contributed by atoms with Gasteiger partial charge in [0.05, 0.1) is 35.6 Å². The quantitative estimate of drug-likeness (QED) is 0.240. The number of benzene rings is 2. The average molecular weight is 682 g/mol. The summed E-state index contributed by atoms with van der Waals surface area (Å²) < 4.78 is 39.8. The Morgan fingerprint density at radius 1 is 1.04 bits per heavy atom. The van der Waals surface area contributed by atoms with E-state index in [1.807, 2.05) is 34.7 Å². The zero-order chi connectivity index (χ0) is 34.8. The Morgan fingerprint density at radius 2 is 1.86 bits per heavy atom. The maximum Gasteiger partial charge on any atom is 0.255 e. The highest BCUT2D eigenvalue weighted by molar-refractivity contribution is 6.00. The number of carbonyl (C=O) groups is 2. The molecule has 5 aromatic rings. The molecule has 8 rings (SSSR count). The van der Waals surface area contributed by atoms with Crippen molar-refractivity contribution in [1.82, 2.24) is 29.3 Å². The number of fused-ring (bicyclic) bond motifs is 5. The summed E-state index contributed by atoms with van der Waals surface area (Å²) in [6.07, 6.45) is 5.27. The number of rotatable bonds is 3. The molecule has 3 aromatic heterocycles. The number of nitrogens with two attached hydrogens (primary N) is 1. The fourth-order valence-corrected chi connectivity index (χ4v) is 8.39. The minimum atomic E-state index is -0.738. The molecule has 3 N–H and O–H groups in total. The van der Waals surface area contributed by atoms with Crippen LogP contribution >= 0.6 is 0 Å². The van der Waals surface area contributed by atoms with Gasteiger partial charge in [-0.1, -0.05) is 6.42 Å². The van der Waals surface area contributed by atoms with E-state index in [0.29, 0.717) is 53.8 Å². The van der Waals surface area contributed by atoms with Gasteiger partial charge in [-0.2, -0.15) is 0 Å². The van der Waals surface area contributed by atoms with Gasteiger partial charge >= 0.3 is 0 Å². The fourth-order valence-electron chi connectivity index (χ4n) is 8.39. The monoisotopic (exact) mass is 681 g/mol. The molecule has 5 heterocycles. The summed E-state index contributed by atoms with van der Waals surface area (Å²) in [6.45, 7) is 2.94. The first-order valence-corrected chi connectivity index (χ1v) is 17.5. The van der Waals surface area contributed by atoms with Crippen LogP contribution < -0.4 is 15.8 Å². The number of methoxy groups -OCH3 is 1. The molecule has 50 heavy (non-hydrogen) atoms. The van der Waals surface area contributed by atoms with Crippen LogP contribution in [0.2, 0.25) is 0 Å². The van der Waals surface area contributed by atoms with E-state index in [1.165, 1.54) is 0 Å². The van der Waals surface area contributed by atoms with Gasteiger partial charge in [0.1, 0.15) is 28.5 Å². The van der Waals surface area contributed by atoms with Crippen LogP contribution in [0.5, 0.6) is 5.75 Å². The number of aryl methyl sites for hydroxylation is 2. The third-order valence-corrected chi connectivity index (χ3v) is 11.1. The maximum absolute atomic E-state index is 14.9.